The molecule has 8 heteroatoms. The number of hydrazone groups is 1. The van der Waals surface area contributed by atoms with Crippen molar-refractivity contribution >= 4 is 21.8 Å². The summed E-state index contributed by atoms with van der Waals surface area (Å²) in [6, 6.07) is 19.9. The summed E-state index contributed by atoms with van der Waals surface area (Å²) in [6.07, 6.45) is 0. The van der Waals surface area contributed by atoms with Gasteiger partial charge in [0.05, 0.1) is 18.8 Å². The molecule has 1 atom stereocenters. The standard InChI is InChI=1S/C21H27N5O2S/c1-3-25(4-2)29(27,28)24-20(15-22)26-16-19(17-11-7-5-8-12-17)21(23-26)18-13-9-6-10-14-18/h5-14,19H,3-4,15-16,22H2,1-2H3/b24-20-. The van der Waals surface area contributed by atoms with Crippen LogP contribution in [0.4, 0.5) is 0 Å². The molecular weight excluding hydrogens is 386 g/mol. The van der Waals surface area contributed by atoms with Crippen LogP contribution in [0.15, 0.2) is 70.2 Å². The van der Waals surface area contributed by atoms with Crippen LogP contribution in [-0.2, 0) is 10.2 Å². The van der Waals surface area contributed by atoms with Crippen molar-refractivity contribution in [2.75, 3.05) is 26.2 Å². The number of rotatable bonds is 7. The Morgan fingerprint density at radius 1 is 1.10 bits per heavy atom. The van der Waals surface area contributed by atoms with Crippen LogP contribution < -0.4 is 5.73 Å². The van der Waals surface area contributed by atoms with Crippen LogP contribution in [0.2, 0.25) is 0 Å². The molecule has 2 aromatic rings. The van der Waals surface area contributed by atoms with Crippen molar-refractivity contribution in [3.63, 3.8) is 0 Å². The highest BCUT2D eigenvalue weighted by atomic mass is 32.2. The Morgan fingerprint density at radius 3 is 2.24 bits per heavy atom. The Hall–Kier alpha value is -2.55. The van der Waals surface area contributed by atoms with E-state index in [1.54, 1.807) is 18.9 Å². The first-order valence-corrected chi connectivity index (χ1v) is 11.1. The van der Waals surface area contributed by atoms with E-state index in [9.17, 15) is 8.42 Å². The molecule has 1 unspecified atom stereocenters. The molecule has 1 heterocycles. The Kier molecular flexibility index (Phi) is 6.79. The van der Waals surface area contributed by atoms with Crippen LogP contribution in [0.1, 0.15) is 30.9 Å². The summed E-state index contributed by atoms with van der Waals surface area (Å²) >= 11 is 0. The molecular formula is C21H27N5O2S. The quantitative estimate of drug-likeness (QED) is 0.557. The molecule has 0 bridgehead atoms. The van der Waals surface area contributed by atoms with Crippen LogP contribution in [-0.4, -0.2) is 55.5 Å². The summed E-state index contributed by atoms with van der Waals surface area (Å²) in [6.45, 7) is 4.74. The number of nitrogens with two attached hydrogens (primary N) is 1. The van der Waals surface area contributed by atoms with Crippen LogP contribution in [0.3, 0.4) is 0 Å². The fourth-order valence-electron chi connectivity index (χ4n) is 3.41. The Labute approximate surface area is 172 Å². The third-order valence-corrected chi connectivity index (χ3v) is 6.53. The fourth-order valence-corrected chi connectivity index (χ4v) is 4.61. The van der Waals surface area contributed by atoms with E-state index >= 15 is 0 Å². The van der Waals surface area contributed by atoms with Gasteiger partial charge in [0.15, 0.2) is 5.84 Å². The molecule has 0 saturated carbocycles. The van der Waals surface area contributed by atoms with E-state index in [0.717, 1.165) is 16.8 Å². The normalized spacial score (nSPS) is 17.7. The first kappa shape index (κ1) is 21.2. The second-order valence-electron chi connectivity index (χ2n) is 6.67. The number of amidine groups is 1. The van der Waals surface area contributed by atoms with Crippen molar-refractivity contribution in [3.05, 3.63) is 71.8 Å². The van der Waals surface area contributed by atoms with Crippen LogP contribution in [0.25, 0.3) is 0 Å². The summed E-state index contributed by atoms with van der Waals surface area (Å²) < 4.78 is 30.6. The summed E-state index contributed by atoms with van der Waals surface area (Å²) in [5.74, 6) is 0.232. The highest BCUT2D eigenvalue weighted by Gasteiger charge is 2.32. The average Bonchev–Trinajstić information content (AvgIpc) is 3.19. The monoisotopic (exact) mass is 413 g/mol. The van der Waals surface area contributed by atoms with Gasteiger partial charge in [-0.05, 0) is 11.1 Å². The van der Waals surface area contributed by atoms with E-state index in [4.69, 9.17) is 10.8 Å². The predicted octanol–water partition coefficient (Wildman–Crippen LogP) is 2.43. The minimum Gasteiger partial charge on any atom is -0.324 e. The molecule has 2 N–H and O–H groups in total. The number of hydrogen-bond acceptors (Lipinski definition) is 4. The molecule has 29 heavy (non-hydrogen) atoms. The average molecular weight is 414 g/mol. The minimum absolute atomic E-state index is 0.00786. The molecule has 1 aliphatic rings. The zero-order valence-electron chi connectivity index (χ0n) is 16.8. The zero-order chi connectivity index (χ0) is 20.9. The van der Waals surface area contributed by atoms with Crippen molar-refractivity contribution in [2.45, 2.75) is 19.8 Å². The first-order chi connectivity index (χ1) is 14.0. The first-order valence-electron chi connectivity index (χ1n) is 9.75. The molecule has 3 rings (SSSR count). The molecule has 1 aliphatic heterocycles. The molecule has 2 aromatic carbocycles. The van der Waals surface area contributed by atoms with Crippen molar-refractivity contribution in [3.8, 4) is 0 Å². The zero-order valence-corrected chi connectivity index (χ0v) is 17.6. The minimum atomic E-state index is -3.81. The van der Waals surface area contributed by atoms with Crippen molar-refractivity contribution in [1.29, 1.82) is 0 Å². The van der Waals surface area contributed by atoms with Crippen LogP contribution in [0.5, 0.6) is 0 Å². The van der Waals surface area contributed by atoms with Gasteiger partial charge in [0.25, 0.3) is 0 Å². The van der Waals surface area contributed by atoms with E-state index in [1.807, 2.05) is 48.5 Å². The molecule has 0 spiro atoms. The second kappa shape index (κ2) is 9.30. The third kappa shape index (κ3) is 4.72. The van der Waals surface area contributed by atoms with Gasteiger partial charge in [0.1, 0.15) is 0 Å². The predicted molar refractivity (Wildman–Crippen MR) is 117 cm³/mol. The molecule has 0 aromatic heterocycles. The van der Waals surface area contributed by atoms with Crippen molar-refractivity contribution in [1.82, 2.24) is 9.31 Å². The molecule has 154 valence electrons. The Balaban J connectivity index is 2.01. The van der Waals surface area contributed by atoms with E-state index < -0.39 is 10.2 Å². The van der Waals surface area contributed by atoms with Gasteiger partial charge >= 0.3 is 10.2 Å². The van der Waals surface area contributed by atoms with Gasteiger partial charge in [-0.3, -0.25) is 0 Å². The maximum Gasteiger partial charge on any atom is 0.324 e. The highest BCUT2D eigenvalue weighted by molar-refractivity contribution is 7.87. The van der Waals surface area contributed by atoms with Gasteiger partial charge in [0, 0.05) is 19.0 Å². The highest BCUT2D eigenvalue weighted by Crippen LogP contribution is 2.29. The van der Waals surface area contributed by atoms with E-state index in [-0.39, 0.29) is 18.3 Å². The number of nitrogens with zero attached hydrogens (tertiary/aromatic N) is 4. The van der Waals surface area contributed by atoms with Gasteiger partial charge in [-0.1, -0.05) is 74.5 Å². The lowest BCUT2D eigenvalue weighted by atomic mass is 9.91. The summed E-state index contributed by atoms with van der Waals surface area (Å²) in [7, 11) is -3.81. The van der Waals surface area contributed by atoms with Crippen LogP contribution in [0, 0.1) is 0 Å². The largest absolute Gasteiger partial charge is 0.324 e. The van der Waals surface area contributed by atoms with Gasteiger partial charge in [-0.15, -0.1) is 4.40 Å². The van der Waals surface area contributed by atoms with E-state index in [1.165, 1.54) is 4.31 Å². The second-order valence-corrected chi connectivity index (χ2v) is 8.27. The molecule has 7 nitrogen and oxygen atoms in total. The van der Waals surface area contributed by atoms with Gasteiger partial charge < -0.3 is 5.73 Å². The number of hydrogen-bond donors (Lipinski definition) is 1. The summed E-state index contributed by atoms with van der Waals surface area (Å²) in [5, 5.41) is 6.36. The molecule has 0 fully saturated rings. The van der Waals surface area contributed by atoms with E-state index in [0.29, 0.717) is 19.6 Å². The number of benzene rings is 2. The maximum absolute atomic E-state index is 12.6. The van der Waals surface area contributed by atoms with Crippen molar-refractivity contribution < 1.29 is 8.42 Å². The lowest BCUT2D eigenvalue weighted by Crippen LogP contribution is -2.36. The molecule has 0 amide bonds. The Morgan fingerprint density at radius 2 is 1.69 bits per heavy atom. The lowest BCUT2D eigenvalue weighted by Gasteiger charge is -2.20. The topological polar surface area (TPSA) is 91.4 Å². The van der Waals surface area contributed by atoms with Gasteiger partial charge in [-0.2, -0.15) is 17.8 Å². The van der Waals surface area contributed by atoms with Crippen LogP contribution >= 0.6 is 0 Å². The maximum atomic E-state index is 12.6. The lowest BCUT2D eigenvalue weighted by molar-refractivity contribution is 0.441. The molecule has 0 radical (unpaired) electrons. The smallest absolute Gasteiger partial charge is 0.324 e. The third-order valence-electron chi connectivity index (χ3n) is 4.92. The summed E-state index contributed by atoms with van der Waals surface area (Å²) in [5.41, 5.74) is 8.86. The molecule has 0 aliphatic carbocycles. The fraction of sp³-hybridized carbons (Fsp3) is 0.333. The molecule has 0 saturated heterocycles. The van der Waals surface area contributed by atoms with Crippen molar-refractivity contribution in [2.24, 2.45) is 15.2 Å². The SMILES string of the molecule is CCN(CC)S(=O)(=O)/N=C(/CN)N1CC(c2ccccc2)C(c2ccccc2)=N1. The van der Waals surface area contributed by atoms with Gasteiger partial charge in [0.2, 0.25) is 0 Å². The van der Waals surface area contributed by atoms with Gasteiger partial charge in [-0.25, -0.2) is 5.01 Å². The summed E-state index contributed by atoms with van der Waals surface area (Å²) in [4.78, 5) is 0. The van der Waals surface area contributed by atoms with E-state index in [2.05, 4.69) is 16.5 Å². The Bertz CT molecular complexity index is 971.